The first-order valence-corrected chi connectivity index (χ1v) is 12.8. The lowest BCUT2D eigenvalue weighted by Crippen LogP contribution is -2.45. The number of nitrogens with zero attached hydrogens (tertiary/aromatic N) is 2. The maximum Gasteiger partial charge on any atom is 0.294 e. The molecule has 2 aliphatic heterocycles. The van der Waals surface area contributed by atoms with Crippen LogP contribution < -0.4 is 10.2 Å². The Bertz CT molecular complexity index is 1320. The van der Waals surface area contributed by atoms with Gasteiger partial charge in [0.2, 0.25) is 5.91 Å². The van der Waals surface area contributed by atoms with Gasteiger partial charge in [0.25, 0.3) is 11.1 Å². The summed E-state index contributed by atoms with van der Waals surface area (Å²) >= 11 is 0.710. The molecule has 6 nitrogen and oxygen atoms in total. The molecule has 3 amide bonds. The lowest BCUT2D eigenvalue weighted by Gasteiger charge is -2.43. The third-order valence-electron chi connectivity index (χ3n) is 6.42. The number of para-hydroxylation sites is 1. The summed E-state index contributed by atoms with van der Waals surface area (Å²) in [6.07, 6.45) is 4.48. The van der Waals surface area contributed by atoms with E-state index in [9.17, 15) is 14.4 Å². The van der Waals surface area contributed by atoms with Gasteiger partial charge in [0.05, 0.1) is 10.4 Å². The van der Waals surface area contributed by atoms with E-state index in [0.29, 0.717) is 17.4 Å². The highest BCUT2D eigenvalue weighted by Crippen LogP contribution is 2.41. The molecular weight excluding hydrogens is 477 g/mol. The topological polar surface area (TPSA) is 69.7 Å². The Morgan fingerprint density at radius 2 is 1.89 bits per heavy atom. The quantitative estimate of drug-likeness (QED) is 0.470. The van der Waals surface area contributed by atoms with E-state index in [1.165, 1.54) is 12.1 Å². The number of carbonyl (C=O) groups excluding carboxylic acids is 3. The number of allylic oxidation sites excluding steroid dienone is 1. The summed E-state index contributed by atoms with van der Waals surface area (Å²) in [4.78, 5) is 41.2. The minimum absolute atomic E-state index is 0.0886. The van der Waals surface area contributed by atoms with Crippen molar-refractivity contribution < 1.29 is 18.8 Å². The predicted molar refractivity (Wildman–Crippen MR) is 144 cm³/mol. The van der Waals surface area contributed by atoms with E-state index < -0.39 is 29.4 Å². The molecule has 0 saturated carbocycles. The van der Waals surface area contributed by atoms with Gasteiger partial charge in [-0.1, -0.05) is 31.2 Å². The van der Waals surface area contributed by atoms with Crippen molar-refractivity contribution in [1.82, 2.24) is 4.90 Å². The van der Waals surface area contributed by atoms with E-state index in [2.05, 4.69) is 37.1 Å². The van der Waals surface area contributed by atoms with Crippen LogP contribution >= 0.6 is 11.8 Å². The average molecular weight is 508 g/mol. The van der Waals surface area contributed by atoms with E-state index in [1.807, 2.05) is 26.0 Å². The Morgan fingerprint density at radius 3 is 2.58 bits per heavy atom. The number of imide groups is 1. The lowest BCUT2D eigenvalue weighted by molar-refractivity contribution is -0.127. The van der Waals surface area contributed by atoms with E-state index in [4.69, 9.17) is 0 Å². The van der Waals surface area contributed by atoms with Crippen molar-refractivity contribution in [3.05, 3.63) is 69.9 Å². The summed E-state index contributed by atoms with van der Waals surface area (Å²) in [5, 5.41) is 2.17. The average Bonchev–Trinajstić information content (AvgIpc) is 3.06. The Kier molecular flexibility index (Phi) is 7.09. The maximum absolute atomic E-state index is 15.3. The minimum Gasteiger partial charge on any atom is -0.362 e. The summed E-state index contributed by atoms with van der Waals surface area (Å²) < 4.78 is 15.3. The number of carbonyl (C=O) groups is 3. The van der Waals surface area contributed by atoms with Gasteiger partial charge < -0.3 is 10.2 Å². The lowest BCUT2D eigenvalue weighted by atomic mass is 9.87. The predicted octanol–water partition coefficient (Wildman–Crippen LogP) is 6.22. The molecule has 2 heterocycles. The molecule has 0 atom stereocenters. The zero-order valence-corrected chi connectivity index (χ0v) is 22.0. The van der Waals surface area contributed by atoms with E-state index in [1.54, 1.807) is 18.2 Å². The van der Waals surface area contributed by atoms with Crippen LogP contribution in [-0.4, -0.2) is 40.6 Å². The van der Waals surface area contributed by atoms with Crippen molar-refractivity contribution in [2.24, 2.45) is 0 Å². The first-order valence-electron chi connectivity index (χ1n) is 11.9. The standard InChI is InChI=1S/C28H30FN3O3S/c1-6-11-32-23-14-21(29)19(12-20(23)18(3)15-28(32,4)5)13-24-26(34)31(27(35)36-24)16-25(33)30-22-10-8-7-9-17(22)2/h7-10,12-15H,6,11,16H2,1-5H3,(H,30,33)/b24-13+. The molecule has 4 rings (SSSR count). The number of anilines is 2. The zero-order valence-electron chi connectivity index (χ0n) is 21.1. The van der Waals surface area contributed by atoms with Crippen molar-refractivity contribution in [3.63, 3.8) is 0 Å². The normalized spacial score (nSPS) is 17.9. The van der Waals surface area contributed by atoms with Gasteiger partial charge in [-0.25, -0.2) is 4.39 Å². The summed E-state index contributed by atoms with van der Waals surface area (Å²) in [6.45, 7) is 10.5. The fourth-order valence-electron chi connectivity index (χ4n) is 4.68. The minimum atomic E-state index is -0.608. The monoisotopic (exact) mass is 507 g/mol. The fourth-order valence-corrected chi connectivity index (χ4v) is 5.51. The number of benzene rings is 2. The summed E-state index contributed by atoms with van der Waals surface area (Å²) in [5.74, 6) is -1.56. The van der Waals surface area contributed by atoms with Crippen LogP contribution in [0, 0.1) is 12.7 Å². The number of halogens is 1. The highest BCUT2D eigenvalue weighted by atomic mass is 32.2. The molecule has 2 aliphatic rings. The molecule has 0 radical (unpaired) electrons. The second kappa shape index (κ2) is 9.93. The molecule has 1 saturated heterocycles. The van der Waals surface area contributed by atoms with Gasteiger partial charge >= 0.3 is 0 Å². The molecule has 0 aliphatic carbocycles. The van der Waals surface area contributed by atoms with Gasteiger partial charge in [-0.05, 0) is 81.3 Å². The molecule has 8 heteroatoms. The molecule has 188 valence electrons. The van der Waals surface area contributed by atoms with Gasteiger partial charge in [-0.2, -0.15) is 0 Å². The molecule has 2 aromatic carbocycles. The Hall–Kier alpha value is -3.39. The third kappa shape index (κ3) is 4.95. The summed E-state index contributed by atoms with van der Waals surface area (Å²) in [5.41, 5.74) is 4.20. The van der Waals surface area contributed by atoms with Crippen molar-refractivity contribution in [2.75, 3.05) is 23.3 Å². The molecule has 0 spiro atoms. The van der Waals surface area contributed by atoms with E-state index >= 15 is 4.39 Å². The summed E-state index contributed by atoms with van der Waals surface area (Å²) in [6, 6.07) is 10.5. The van der Waals surface area contributed by atoms with Crippen LogP contribution in [0.15, 0.2) is 47.4 Å². The van der Waals surface area contributed by atoms with Crippen LogP contribution in [0.25, 0.3) is 11.6 Å². The maximum atomic E-state index is 15.3. The van der Waals surface area contributed by atoms with E-state index in [-0.39, 0.29) is 16.0 Å². The molecule has 0 bridgehead atoms. The van der Waals surface area contributed by atoms with Crippen LogP contribution in [0.2, 0.25) is 0 Å². The number of aryl methyl sites for hydroxylation is 1. The van der Waals surface area contributed by atoms with Crippen LogP contribution in [0.3, 0.4) is 0 Å². The molecular formula is C28H30FN3O3S. The van der Waals surface area contributed by atoms with Gasteiger partial charge in [0, 0.05) is 29.0 Å². The Labute approximate surface area is 215 Å². The first-order chi connectivity index (χ1) is 17.0. The third-order valence-corrected chi connectivity index (χ3v) is 7.33. The number of fused-ring (bicyclic) bond motifs is 1. The number of nitrogens with one attached hydrogen (secondary N) is 1. The SMILES string of the molecule is CCCN1c2cc(F)c(/C=C3/SC(=O)N(CC(=O)Nc4ccccc4C)C3=O)cc2C(C)=CC1(C)C. The Balaban J connectivity index is 1.58. The number of thioether (sulfide) groups is 1. The van der Waals surface area contributed by atoms with Crippen LogP contribution in [0.1, 0.15) is 50.8 Å². The second-order valence-corrected chi connectivity index (χ2v) is 10.6. The zero-order chi connectivity index (χ0) is 26.2. The number of amides is 3. The molecule has 2 aromatic rings. The highest BCUT2D eigenvalue weighted by molar-refractivity contribution is 8.18. The van der Waals surface area contributed by atoms with Gasteiger partial charge in [0.1, 0.15) is 12.4 Å². The van der Waals surface area contributed by atoms with Gasteiger partial charge in [-0.3, -0.25) is 19.3 Å². The summed E-state index contributed by atoms with van der Waals surface area (Å²) in [7, 11) is 0. The highest BCUT2D eigenvalue weighted by Gasteiger charge is 2.37. The van der Waals surface area contributed by atoms with Crippen molar-refractivity contribution in [1.29, 1.82) is 0 Å². The van der Waals surface area contributed by atoms with Crippen LogP contribution in [0.4, 0.5) is 20.6 Å². The van der Waals surface area contributed by atoms with Crippen molar-refractivity contribution >= 4 is 51.8 Å². The van der Waals surface area contributed by atoms with Crippen LogP contribution in [0.5, 0.6) is 0 Å². The number of hydrogen-bond donors (Lipinski definition) is 1. The largest absolute Gasteiger partial charge is 0.362 e. The smallest absolute Gasteiger partial charge is 0.294 e. The molecule has 1 N–H and O–H groups in total. The van der Waals surface area contributed by atoms with E-state index in [0.717, 1.165) is 40.3 Å². The molecule has 0 aromatic heterocycles. The van der Waals surface area contributed by atoms with Gasteiger partial charge in [-0.15, -0.1) is 0 Å². The molecule has 1 fully saturated rings. The number of rotatable bonds is 6. The first kappa shape index (κ1) is 25.7. The van der Waals surface area contributed by atoms with Crippen LogP contribution in [-0.2, 0) is 9.59 Å². The van der Waals surface area contributed by atoms with Crippen molar-refractivity contribution in [2.45, 2.75) is 46.6 Å². The Morgan fingerprint density at radius 1 is 1.17 bits per heavy atom. The fraction of sp³-hybridized carbons (Fsp3) is 0.321. The van der Waals surface area contributed by atoms with Crippen molar-refractivity contribution in [3.8, 4) is 0 Å². The van der Waals surface area contributed by atoms with Gasteiger partial charge in [0.15, 0.2) is 0 Å². The number of hydrogen-bond acceptors (Lipinski definition) is 5. The molecule has 36 heavy (non-hydrogen) atoms. The molecule has 0 unspecified atom stereocenters. The second-order valence-electron chi connectivity index (χ2n) is 9.65.